The van der Waals surface area contributed by atoms with Crippen LogP contribution in [0.25, 0.3) is 0 Å². The third kappa shape index (κ3) is 13.0. The van der Waals surface area contributed by atoms with Crippen LogP contribution in [0.1, 0.15) is 63.3 Å². The Hall–Kier alpha value is -3.75. The number of hydrogen-bond acceptors (Lipinski definition) is 11. The quantitative estimate of drug-likeness (QED) is 0.0882. The number of aryl methyl sites for hydroxylation is 2. The number of ether oxygens (including phenoxy) is 2. The summed E-state index contributed by atoms with van der Waals surface area (Å²) < 4.78 is 9.46. The molecule has 0 saturated heterocycles. The van der Waals surface area contributed by atoms with Gasteiger partial charge in [-0.05, 0) is 95.0 Å². The number of carbonyl (C=O) groups excluding carboxylic acids is 5. The number of amides is 3. The van der Waals surface area contributed by atoms with Gasteiger partial charge in [-0.25, -0.2) is 14.4 Å². The summed E-state index contributed by atoms with van der Waals surface area (Å²) in [5, 5.41) is 17.9. The maximum atomic E-state index is 13.8. The minimum Gasteiger partial charge on any atom is -0.508 e. The van der Waals surface area contributed by atoms with Gasteiger partial charge in [0.25, 0.3) is 0 Å². The molecule has 2 aromatic carbocycles. The predicted octanol–water partition coefficient (Wildman–Crippen LogP) is 3.08. The van der Waals surface area contributed by atoms with Gasteiger partial charge in [0.05, 0.1) is 0 Å². The number of benzene rings is 2. The fourth-order valence-electron chi connectivity index (χ4n) is 4.66. The molecule has 0 radical (unpaired) electrons. The molecule has 6 N–H and O–H groups in total. The first-order valence-electron chi connectivity index (χ1n) is 15.5. The Kier molecular flexibility index (Phi) is 14.8. The Morgan fingerprint density at radius 1 is 0.833 bits per heavy atom. The molecule has 0 aliphatic rings. The van der Waals surface area contributed by atoms with E-state index in [1.807, 2.05) is 0 Å². The lowest BCUT2D eigenvalue weighted by atomic mass is 9.95. The lowest BCUT2D eigenvalue weighted by Crippen LogP contribution is -2.57. The van der Waals surface area contributed by atoms with Crippen molar-refractivity contribution in [1.82, 2.24) is 16.0 Å². The second-order valence-corrected chi connectivity index (χ2v) is 14.8. The summed E-state index contributed by atoms with van der Waals surface area (Å²) >= 11 is 8.54. The van der Waals surface area contributed by atoms with Crippen LogP contribution in [0, 0.1) is 13.8 Å². The lowest BCUT2D eigenvalue weighted by Gasteiger charge is -2.27. The van der Waals surface area contributed by atoms with Crippen LogP contribution in [0.4, 0.5) is 4.79 Å². The number of hydrogen-bond donors (Lipinski definition) is 7. The van der Waals surface area contributed by atoms with E-state index in [-0.39, 0.29) is 30.8 Å². The molecule has 0 aliphatic carbocycles. The van der Waals surface area contributed by atoms with Crippen molar-refractivity contribution in [2.24, 2.45) is 5.73 Å². The van der Waals surface area contributed by atoms with Gasteiger partial charge in [-0.2, -0.15) is 25.3 Å². The Morgan fingerprint density at radius 3 is 1.90 bits per heavy atom. The van der Waals surface area contributed by atoms with E-state index in [1.165, 1.54) is 0 Å². The van der Waals surface area contributed by atoms with Crippen LogP contribution in [0.15, 0.2) is 42.5 Å². The maximum Gasteiger partial charge on any atom is 0.408 e. The molecule has 264 valence electrons. The highest BCUT2D eigenvalue weighted by atomic mass is 32.1. The molecule has 1 unspecified atom stereocenters. The number of phenolic OH excluding ortho intramolecular Hbond substituents is 1. The van der Waals surface area contributed by atoms with Crippen molar-refractivity contribution >= 4 is 55.1 Å². The van der Waals surface area contributed by atoms with Crippen molar-refractivity contribution in [2.45, 2.75) is 102 Å². The molecular formula is C34H48N4O8S2. The number of carbonyl (C=O) groups is 5. The molecule has 48 heavy (non-hydrogen) atoms. The first kappa shape index (κ1) is 40.4. The van der Waals surface area contributed by atoms with Crippen molar-refractivity contribution in [1.29, 1.82) is 0 Å². The Bertz CT molecular complexity index is 1430. The molecular weight excluding hydrogens is 657 g/mol. The van der Waals surface area contributed by atoms with Crippen LogP contribution in [-0.2, 0) is 41.5 Å². The predicted molar refractivity (Wildman–Crippen MR) is 189 cm³/mol. The van der Waals surface area contributed by atoms with E-state index in [9.17, 15) is 29.1 Å². The molecule has 0 heterocycles. The summed E-state index contributed by atoms with van der Waals surface area (Å²) in [7, 11) is 0. The van der Waals surface area contributed by atoms with Crippen molar-refractivity contribution in [2.75, 3.05) is 5.75 Å². The molecule has 4 atom stereocenters. The molecule has 0 fully saturated rings. The van der Waals surface area contributed by atoms with Crippen LogP contribution in [0.2, 0.25) is 0 Å². The molecule has 3 amide bonds. The number of nitrogens with one attached hydrogen (secondary N) is 3. The highest BCUT2D eigenvalue weighted by Crippen LogP contribution is 2.23. The molecule has 0 saturated carbocycles. The number of phenols is 1. The van der Waals surface area contributed by atoms with Gasteiger partial charge in [0.15, 0.2) is 0 Å². The summed E-state index contributed by atoms with van der Waals surface area (Å²) in [5.41, 5.74) is 7.83. The van der Waals surface area contributed by atoms with Crippen molar-refractivity contribution in [3.63, 3.8) is 0 Å². The minimum atomic E-state index is -1.32. The van der Waals surface area contributed by atoms with Gasteiger partial charge in [-0.1, -0.05) is 30.3 Å². The Labute approximate surface area is 293 Å². The topological polar surface area (TPSA) is 186 Å². The van der Waals surface area contributed by atoms with E-state index in [2.05, 4.69) is 41.2 Å². The monoisotopic (exact) mass is 704 g/mol. The van der Waals surface area contributed by atoms with E-state index in [4.69, 9.17) is 15.2 Å². The van der Waals surface area contributed by atoms with E-state index in [1.54, 1.807) is 90.9 Å². The van der Waals surface area contributed by atoms with Gasteiger partial charge in [0, 0.05) is 17.6 Å². The van der Waals surface area contributed by atoms with Gasteiger partial charge >= 0.3 is 18.0 Å². The van der Waals surface area contributed by atoms with Crippen LogP contribution >= 0.6 is 25.3 Å². The molecule has 12 nitrogen and oxygen atoms in total. The zero-order valence-corrected chi connectivity index (χ0v) is 30.2. The molecule has 0 aliphatic heterocycles. The first-order valence-corrected chi connectivity index (χ1v) is 16.6. The van der Waals surface area contributed by atoms with E-state index in [0.29, 0.717) is 22.3 Å². The molecule has 2 aromatic rings. The van der Waals surface area contributed by atoms with Crippen molar-refractivity contribution in [3.05, 3.63) is 64.7 Å². The summed E-state index contributed by atoms with van der Waals surface area (Å²) in [5.74, 6) is -3.26. The molecule has 0 bridgehead atoms. The number of aromatic hydroxyl groups is 1. The van der Waals surface area contributed by atoms with Crippen LogP contribution in [0.3, 0.4) is 0 Å². The highest BCUT2D eigenvalue weighted by Gasteiger charge is 2.35. The third-order valence-electron chi connectivity index (χ3n) is 7.25. The Balaban J connectivity index is 2.36. The molecule has 14 heteroatoms. The maximum absolute atomic E-state index is 13.8. The standard InChI is InChI=1S/C34H48N4O8S2/c1-19-15-22(39)16-20(2)23(19)18-25(38-32(44)46-33(3,4)5)29(41)36-24(13-14-47)28(40)37-26(17-21-11-9-8-10-12-21)30(42)45-31(43)27(35)34(6,7)48/h8-12,15-16,24-27,39,47-48H,13-14,17-18,35H2,1-7H3,(H,36,41)(H,37,40)(H,38,44)/t24?,25-,26-,27-/m0/s1. The smallest absolute Gasteiger partial charge is 0.408 e. The summed E-state index contributed by atoms with van der Waals surface area (Å²) in [6, 6.07) is 6.92. The van der Waals surface area contributed by atoms with Crippen LogP contribution < -0.4 is 21.7 Å². The van der Waals surface area contributed by atoms with E-state index >= 15 is 0 Å². The summed E-state index contributed by atoms with van der Waals surface area (Å²) in [6.45, 7) is 11.8. The second-order valence-electron chi connectivity index (χ2n) is 13.2. The average Bonchev–Trinajstić information content (AvgIpc) is 2.96. The summed E-state index contributed by atoms with van der Waals surface area (Å²) in [6.07, 6.45) is -0.792. The number of thiol groups is 2. The first-order chi connectivity index (χ1) is 22.2. The minimum absolute atomic E-state index is 0.0189. The SMILES string of the molecule is Cc1cc(O)cc(C)c1C[C@H](NC(=O)OC(C)(C)C)C(=O)NC(CCS)C(=O)N[C@@H](Cc1ccccc1)C(=O)OC(=O)[C@H](N)C(C)(C)S. The van der Waals surface area contributed by atoms with Gasteiger partial charge < -0.3 is 36.3 Å². The molecule has 0 aromatic heterocycles. The van der Waals surface area contributed by atoms with E-state index in [0.717, 1.165) is 0 Å². The van der Waals surface area contributed by atoms with Crippen molar-refractivity contribution < 1.29 is 38.6 Å². The number of nitrogens with two attached hydrogens (primary N) is 1. The van der Waals surface area contributed by atoms with Gasteiger partial charge in [0.2, 0.25) is 11.8 Å². The Morgan fingerprint density at radius 2 is 1.38 bits per heavy atom. The second kappa shape index (κ2) is 17.6. The van der Waals surface area contributed by atoms with Crippen LogP contribution in [0.5, 0.6) is 5.75 Å². The van der Waals surface area contributed by atoms with E-state index < -0.39 is 64.4 Å². The number of rotatable bonds is 14. The fourth-order valence-corrected chi connectivity index (χ4v) is 5.03. The van der Waals surface area contributed by atoms with Gasteiger partial charge in [-0.15, -0.1) is 0 Å². The number of alkyl carbamates (subject to hydrolysis) is 1. The van der Waals surface area contributed by atoms with Crippen molar-refractivity contribution in [3.8, 4) is 5.75 Å². The van der Waals surface area contributed by atoms with Crippen LogP contribution in [-0.4, -0.2) is 75.2 Å². The third-order valence-corrected chi connectivity index (χ3v) is 7.78. The number of esters is 2. The lowest BCUT2D eigenvalue weighted by molar-refractivity contribution is -0.163. The zero-order chi connectivity index (χ0) is 36.4. The largest absolute Gasteiger partial charge is 0.508 e. The van der Waals surface area contributed by atoms with Gasteiger partial charge in [-0.3, -0.25) is 9.59 Å². The van der Waals surface area contributed by atoms with Gasteiger partial charge in [0.1, 0.15) is 35.5 Å². The fraction of sp³-hybridized carbons (Fsp3) is 0.500. The zero-order valence-electron chi connectivity index (χ0n) is 28.5. The average molecular weight is 705 g/mol. The highest BCUT2D eigenvalue weighted by molar-refractivity contribution is 7.81. The molecule has 0 spiro atoms. The summed E-state index contributed by atoms with van der Waals surface area (Å²) in [4.78, 5) is 66.1. The molecule has 2 rings (SSSR count). The normalized spacial score (nSPS) is 14.1.